The highest BCUT2D eigenvalue weighted by atomic mass is 16.7. The van der Waals surface area contributed by atoms with Crippen LogP contribution in [0.2, 0.25) is 0 Å². The number of carbonyl (C=O) groups excluding carboxylic acids is 3. The molecule has 0 radical (unpaired) electrons. The summed E-state index contributed by atoms with van der Waals surface area (Å²) in [7, 11) is 0. The van der Waals surface area contributed by atoms with E-state index in [0.717, 1.165) is 16.7 Å². The minimum Gasteiger partial charge on any atom is -0.490 e. The van der Waals surface area contributed by atoms with Gasteiger partial charge in [0.25, 0.3) is 0 Å². The molecule has 0 N–H and O–H groups in total. The molecule has 0 fully saturated rings. The lowest BCUT2D eigenvalue weighted by Gasteiger charge is -2.26. The van der Waals surface area contributed by atoms with Crippen molar-refractivity contribution >= 4 is 23.8 Å². The van der Waals surface area contributed by atoms with Gasteiger partial charge in [-0.3, -0.25) is 14.4 Å². The molecule has 0 aliphatic carbocycles. The van der Waals surface area contributed by atoms with Gasteiger partial charge < -0.3 is 23.7 Å². The molecule has 2 aromatic rings. The Balaban J connectivity index is 2.37. The van der Waals surface area contributed by atoms with E-state index in [2.05, 4.69) is 13.8 Å². The molecule has 8 heteroatoms. The first-order valence-corrected chi connectivity index (χ1v) is 15.1. The fraction of sp³-hybridized carbons (Fsp3) is 0.528. The summed E-state index contributed by atoms with van der Waals surface area (Å²) >= 11 is 0. The standard InChI is InChI=1S/C36H50O8/c1-22(2)28-19-26(15-18-29(37)25-13-16-27(17-14-25)40-20-42-33(38)35(7,8)9)31(44-24(5)6)30(23(3)4)32(28)41-21-43-34(39)36(10,11)12/h13-19,22-24H,20-21H2,1-12H3. The van der Waals surface area contributed by atoms with Crippen molar-refractivity contribution in [1.82, 2.24) is 0 Å². The lowest BCUT2D eigenvalue weighted by atomic mass is 9.89. The molecule has 0 atom stereocenters. The molecule has 0 aliphatic heterocycles. The van der Waals surface area contributed by atoms with Crippen LogP contribution in [-0.2, 0) is 19.1 Å². The van der Waals surface area contributed by atoms with Crippen LogP contribution in [0.25, 0.3) is 6.08 Å². The molecule has 0 bridgehead atoms. The Morgan fingerprint density at radius 2 is 1.25 bits per heavy atom. The van der Waals surface area contributed by atoms with E-state index < -0.39 is 10.8 Å². The summed E-state index contributed by atoms with van der Waals surface area (Å²) in [5, 5.41) is 0. The van der Waals surface area contributed by atoms with Crippen molar-refractivity contribution in [2.45, 2.75) is 101 Å². The van der Waals surface area contributed by atoms with Crippen LogP contribution < -0.4 is 14.2 Å². The molecule has 242 valence electrons. The Morgan fingerprint density at radius 1 is 0.727 bits per heavy atom. The van der Waals surface area contributed by atoms with Gasteiger partial charge in [0.1, 0.15) is 17.2 Å². The molecule has 0 spiro atoms. The number of hydrogen-bond acceptors (Lipinski definition) is 8. The van der Waals surface area contributed by atoms with Crippen LogP contribution in [0.15, 0.2) is 36.4 Å². The minimum atomic E-state index is -0.646. The Bertz CT molecular complexity index is 1320. The number of hydrogen-bond donors (Lipinski definition) is 0. The molecule has 0 aliphatic rings. The van der Waals surface area contributed by atoms with Gasteiger partial charge in [0.15, 0.2) is 5.78 Å². The van der Waals surface area contributed by atoms with E-state index in [9.17, 15) is 14.4 Å². The van der Waals surface area contributed by atoms with Crippen LogP contribution in [0.1, 0.15) is 122 Å². The van der Waals surface area contributed by atoms with Crippen LogP contribution in [-0.4, -0.2) is 37.4 Å². The number of allylic oxidation sites excluding steroid dienone is 1. The molecule has 44 heavy (non-hydrogen) atoms. The predicted molar refractivity (Wildman–Crippen MR) is 172 cm³/mol. The van der Waals surface area contributed by atoms with Gasteiger partial charge in [-0.05, 0) is 115 Å². The zero-order valence-electron chi connectivity index (χ0n) is 28.5. The maximum atomic E-state index is 13.2. The van der Waals surface area contributed by atoms with Gasteiger partial charge in [-0.25, -0.2) is 0 Å². The molecule has 0 unspecified atom stereocenters. The summed E-state index contributed by atoms with van der Waals surface area (Å²) in [5.41, 5.74) is 1.72. The van der Waals surface area contributed by atoms with E-state index in [1.165, 1.54) is 6.08 Å². The van der Waals surface area contributed by atoms with E-state index in [4.69, 9.17) is 23.7 Å². The van der Waals surface area contributed by atoms with E-state index >= 15 is 0 Å². The molecule has 0 aromatic heterocycles. The van der Waals surface area contributed by atoms with Gasteiger partial charge in [0.05, 0.1) is 16.9 Å². The maximum Gasteiger partial charge on any atom is 0.314 e. The fourth-order valence-electron chi connectivity index (χ4n) is 4.02. The monoisotopic (exact) mass is 610 g/mol. The minimum absolute atomic E-state index is 0.00818. The Hall–Kier alpha value is -3.81. The van der Waals surface area contributed by atoms with Crippen LogP contribution in [0.3, 0.4) is 0 Å². The highest BCUT2D eigenvalue weighted by molar-refractivity contribution is 6.07. The van der Waals surface area contributed by atoms with Crippen molar-refractivity contribution in [3.05, 3.63) is 58.7 Å². The van der Waals surface area contributed by atoms with E-state index in [0.29, 0.717) is 22.8 Å². The molecule has 0 heterocycles. The lowest BCUT2D eigenvalue weighted by molar-refractivity contribution is -0.160. The van der Waals surface area contributed by atoms with Gasteiger partial charge in [-0.2, -0.15) is 0 Å². The average molecular weight is 611 g/mol. The van der Waals surface area contributed by atoms with Gasteiger partial charge in [0.2, 0.25) is 13.6 Å². The first kappa shape index (κ1) is 36.4. The highest BCUT2D eigenvalue weighted by Crippen LogP contribution is 2.44. The van der Waals surface area contributed by atoms with Gasteiger partial charge >= 0.3 is 11.9 Å². The Labute approximate surface area is 263 Å². The lowest BCUT2D eigenvalue weighted by Crippen LogP contribution is -2.25. The zero-order valence-corrected chi connectivity index (χ0v) is 28.5. The smallest absolute Gasteiger partial charge is 0.314 e. The van der Waals surface area contributed by atoms with Gasteiger partial charge in [-0.1, -0.05) is 27.7 Å². The molecule has 0 saturated heterocycles. The Morgan fingerprint density at radius 3 is 1.70 bits per heavy atom. The van der Waals surface area contributed by atoms with Gasteiger partial charge in [-0.15, -0.1) is 0 Å². The number of carbonyl (C=O) groups is 3. The van der Waals surface area contributed by atoms with Crippen molar-refractivity contribution < 1.29 is 38.1 Å². The SMILES string of the molecule is CC(C)Oc1c(C=CC(=O)c2ccc(OCOC(=O)C(C)(C)C)cc2)cc(C(C)C)c(OCOC(=O)C(C)(C)C)c1C(C)C. The van der Waals surface area contributed by atoms with E-state index in [-0.39, 0.29) is 49.2 Å². The van der Waals surface area contributed by atoms with Crippen molar-refractivity contribution in [3.8, 4) is 17.2 Å². The van der Waals surface area contributed by atoms with Crippen molar-refractivity contribution in [2.75, 3.05) is 13.6 Å². The quantitative estimate of drug-likeness (QED) is 0.0964. The number of rotatable bonds is 13. The van der Waals surface area contributed by atoms with Crippen molar-refractivity contribution in [3.63, 3.8) is 0 Å². The second kappa shape index (κ2) is 15.3. The first-order chi connectivity index (χ1) is 20.3. The third kappa shape index (κ3) is 10.4. The second-order valence-corrected chi connectivity index (χ2v) is 13.7. The third-order valence-electron chi connectivity index (χ3n) is 6.46. The van der Waals surface area contributed by atoms with Crippen molar-refractivity contribution in [2.24, 2.45) is 10.8 Å². The molecule has 8 nitrogen and oxygen atoms in total. The van der Waals surface area contributed by atoms with Crippen molar-refractivity contribution in [1.29, 1.82) is 0 Å². The first-order valence-electron chi connectivity index (χ1n) is 15.1. The van der Waals surface area contributed by atoms with Crippen LogP contribution in [0.5, 0.6) is 17.2 Å². The summed E-state index contributed by atoms with van der Waals surface area (Å²) in [4.78, 5) is 37.4. The molecular weight excluding hydrogens is 560 g/mol. The van der Waals surface area contributed by atoms with E-state index in [1.807, 2.05) is 33.8 Å². The molecule has 0 saturated carbocycles. The zero-order chi connectivity index (χ0) is 33.4. The topological polar surface area (TPSA) is 97.4 Å². The molecule has 2 rings (SSSR count). The number of esters is 2. The summed E-state index contributed by atoms with van der Waals surface area (Å²) < 4.78 is 28.5. The fourth-order valence-corrected chi connectivity index (χ4v) is 4.02. The molecular formula is C36H50O8. The molecule has 0 amide bonds. The van der Waals surface area contributed by atoms with Gasteiger partial charge in [0, 0.05) is 16.7 Å². The predicted octanol–water partition coefficient (Wildman–Crippen LogP) is 8.47. The average Bonchev–Trinajstić information content (AvgIpc) is 2.90. The highest BCUT2D eigenvalue weighted by Gasteiger charge is 2.27. The summed E-state index contributed by atoms with van der Waals surface area (Å²) in [6, 6.07) is 8.61. The third-order valence-corrected chi connectivity index (χ3v) is 6.46. The largest absolute Gasteiger partial charge is 0.490 e. The molecule has 2 aromatic carbocycles. The normalized spacial score (nSPS) is 12.2. The summed E-state index contributed by atoms with van der Waals surface area (Å²) in [5.74, 6) is 0.897. The number of benzene rings is 2. The van der Waals surface area contributed by atoms with E-state index in [1.54, 1.807) is 71.9 Å². The maximum absolute atomic E-state index is 13.2. The number of ether oxygens (including phenoxy) is 5. The summed E-state index contributed by atoms with van der Waals surface area (Å²) in [6.45, 7) is 22.4. The Kier molecular flexibility index (Phi) is 12.6. The number of ketones is 1. The van der Waals surface area contributed by atoms with Crippen LogP contribution in [0, 0.1) is 10.8 Å². The second-order valence-electron chi connectivity index (χ2n) is 13.7. The van der Waals surface area contributed by atoms with Crippen LogP contribution in [0.4, 0.5) is 0 Å². The summed E-state index contributed by atoms with van der Waals surface area (Å²) in [6.07, 6.45) is 3.14. The van der Waals surface area contributed by atoms with Crippen LogP contribution >= 0.6 is 0 Å².